The van der Waals surface area contributed by atoms with Gasteiger partial charge in [0.2, 0.25) is 11.7 Å². The first kappa shape index (κ1) is 16.3. The van der Waals surface area contributed by atoms with E-state index in [0.29, 0.717) is 22.8 Å². The van der Waals surface area contributed by atoms with Crippen molar-refractivity contribution < 1.29 is 18.7 Å². The third kappa shape index (κ3) is 3.58. The SMILES string of the molecule is COc1ccc(NC(=O)C(C#N)C(=O)c2oc(C)cc2C)cc1. The van der Waals surface area contributed by atoms with Crippen molar-refractivity contribution in [3.63, 3.8) is 0 Å². The molecule has 2 rings (SSSR count). The molecule has 1 unspecified atom stereocenters. The van der Waals surface area contributed by atoms with Gasteiger partial charge in [0.25, 0.3) is 0 Å². The highest BCUT2D eigenvalue weighted by Crippen LogP contribution is 2.20. The van der Waals surface area contributed by atoms with Crippen LogP contribution in [0.3, 0.4) is 0 Å². The number of carbonyl (C=O) groups excluding carboxylic acids is 2. The van der Waals surface area contributed by atoms with Crippen LogP contribution in [0.2, 0.25) is 0 Å². The van der Waals surface area contributed by atoms with Gasteiger partial charge in [-0.15, -0.1) is 0 Å². The van der Waals surface area contributed by atoms with Gasteiger partial charge in [0, 0.05) is 5.69 Å². The third-order valence-corrected chi connectivity index (χ3v) is 3.28. The highest BCUT2D eigenvalue weighted by molar-refractivity contribution is 6.15. The van der Waals surface area contributed by atoms with E-state index in [1.165, 1.54) is 7.11 Å². The zero-order valence-corrected chi connectivity index (χ0v) is 13.0. The number of hydrogen-bond donors (Lipinski definition) is 1. The van der Waals surface area contributed by atoms with E-state index < -0.39 is 17.6 Å². The van der Waals surface area contributed by atoms with Crippen LogP contribution in [-0.4, -0.2) is 18.8 Å². The van der Waals surface area contributed by atoms with Crippen molar-refractivity contribution in [1.29, 1.82) is 5.26 Å². The number of amides is 1. The standard InChI is InChI=1S/C17H16N2O4/c1-10-8-11(2)23-16(10)15(20)14(9-18)17(21)19-12-4-6-13(22-3)7-5-12/h4-8,14H,1-3H3,(H,19,21). The summed E-state index contributed by atoms with van der Waals surface area (Å²) in [7, 11) is 1.53. The van der Waals surface area contributed by atoms with Gasteiger partial charge in [0.05, 0.1) is 13.2 Å². The number of benzene rings is 1. The third-order valence-electron chi connectivity index (χ3n) is 3.28. The van der Waals surface area contributed by atoms with E-state index in [1.54, 1.807) is 50.2 Å². The fourth-order valence-corrected chi connectivity index (χ4v) is 2.14. The molecule has 1 aromatic carbocycles. The summed E-state index contributed by atoms with van der Waals surface area (Å²) in [5.74, 6) is -1.59. The second kappa shape index (κ2) is 6.79. The van der Waals surface area contributed by atoms with Gasteiger partial charge in [-0.3, -0.25) is 9.59 Å². The van der Waals surface area contributed by atoms with Crippen LogP contribution >= 0.6 is 0 Å². The minimum absolute atomic E-state index is 0.0407. The van der Waals surface area contributed by atoms with Crippen LogP contribution in [0.1, 0.15) is 21.9 Å². The fourth-order valence-electron chi connectivity index (χ4n) is 2.14. The van der Waals surface area contributed by atoms with Crippen LogP contribution in [0.4, 0.5) is 5.69 Å². The Morgan fingerprint density at radius 1 is 1.26 bits per heavy atom. The summed E-state index contributed by atoms with van der Waals surface area (Å²) in [4.78, 5) is 24.5. The highest BCUT2D eigenvalue weighted by Gasteiger charge is 2.31. The molecule has 6 heteroatoms. The molecule has 23 heavy (non-hydrogen) atoms. The molecule has 0 saturated carbocycles. The summed E-state index contributed by atoms with van der Waals surface area (Å²) < 4.78 is 10.3. The molecule has 0 fully saturated rings. The lowest BCUT2D eigenvalue weighted by Crippen LogP contribution is -2.28. The quantitative estimate of drug-likeness (QED) is 0.677. The Balaban J connectivity index is 2.16. The van der Waals surface area contributed by atoms with Crippen molar-refractivity contribution in [2.24, 2.45) is 5.92 Å². The number of furan rings is 1. The monoisotopic (exact) mass is 312 g/mol. The van der Waals surface area contributed by atoms with Crippen LogP contribution < -0.4 is 10.1 Å². The van der Waals surface area contributed by atoms with Gasteiger partial charge < -0.3 is 14.5 Å². The Labute approximate surface area is 133 Å². The van der Waals surface area contributed by atoms with Gasteiger partial charge in [-0.1, -0.05) is 0 Å². The average Bonchev–Trinajstić information content (AvgIpc) is 2.87. The van der Waals surface area contributed by atoms with Crippen molar-refractivity contribution in [3.05, 3.63) is 47.4 Å². The summed E-state index contributed by atoms with van der Waals surface area (Å²) in [6.45, 7) is 3.39. The molecule has 0 bridgehead atoms. The van der Waals surface area contributed by atoms with Crippen LogP contribution in [0.5, 0.6) is 5.75 Å². The first-order valence-electron chi connectivity index (χ1n) is 6.92. The maximum Gasteiger partial charge on any atom is 0.249 e. The van der Waals surface area contributed by atoms with E-state index in [1.807, 2.05) is 0 Å². The average molecular weight is 312 g/mol. The predicted molar refractivity (Wildman–Crippen MR) is 83.2 cm³/mol. The smallest absolute Gasteiger partial charge is 0.249 e. The van der Waals surface area contributed by atoms with Crippen molar-refractivity contribution in [3.8, 4) is 11.8 Å². The second-order valence-electron chi connectivity index (χ2n) is 5.01. The number of nitrogens with zero attached hydrogens (tertiary/aromatic N) is 1. The molecule has 0 aliphatic carbocycles. The Morgan fingerprint density at radius 2 is 1.91 bits per heavy atom. The van der Waals surface area contributed by atoms with Crippen molar-refractivity contribution in [2.75, 3.05) is 12.4 Å². The van der Waals surface area contributed by atoms with E-state index in [9.17, 15) is 14.9 Å². The lowest BCUT2D eigenvalue weighted by Gasteiger charge is -2.09. The number of aryl methyl sites for hydroxylation is 2. The Kier molecular flexibility index (Phi) is 4.82. The molecule has 1 heterocycles. The fraction of sp³-hybridized carbons (Fsp3) is 0.235. The molecule has 0 spiro atoms. The van der Waals surface area contributed by atoms with Crippen LogP contribution in [-0.2, 0) is 4.79 Å². The Bertz CT molecular complexity index is 769. The predicted octanol–water partition coefficient (Wildman–Crippen LogP) is 2.87. The molecule has 1 atom stereocenters. The normalized spacial score (nSPS) is 11.4. The lowest BCUT2D eigenvalue weighted by atomic mass is 10.0. The summed E-state index contributed by atoms with van der Waals surface area (Å²) in [5, 5.41) is 11.7. The number of anilines is 1. The number of carbonyl (C=O) groups is 2. The van der Waals surface area contributed by atoms with E-state index >= 15 is 0 Å². The highest BCUT2D eigenvalue weighted by atomic mass is 16.5. The minimum atomic E-state index is -1.47. The summed E-state index contributed by atoms with van der Waals surface area (Å²) in [6.07, 6.45) is 0. The molecule has 6 nitrogen and oxygen atoms in total. The Hall–Kier alpha value is -3.07. The summed E-state index contributed by atoms with van der Waals surface area (Å²) in [5.41, 5.74) is 1.07. The molecule has 1 N–H and O–H groups in total. The zero-order chi connectivity index (χ0) is 17.0. The number of ether oxygens (including phenoxy) is 1. The van der Waals surface area contributed by atoms with E-state index in [2.05, 4.69) is 5.32 Å². The molecule has 118 valence electrons. The number of Topliss-reactive ketones (excluding diaryl/α,β-unsaturated/α-hetero) is 1. The van der Waals surface area contributed by atoms with Gasteiger partial charge in [-0.25, -0.2) is 0 Å². The number of hydrogen-bond acceptors (Lipinski definition) is 5. The van der Waals surface area contributed by atoms with Crippen molar-refractivity contribution in [2.45, 2.75) is 13.8 Å². The van der Waals surface area contributed by atoms with E-state index in [0.717, 1.165) is 0 Å². The summed E-state index contributed by atoms with van der Waals surface area (Å²) in [6, 6.07) is 9.99. The maximum absolute atomic E-state index is 12.3. The molecule has 2 aromatic rings. The molecular weight excluding hydrogens is 296 g/mol. The molecular formula is C17H16N2O4. The van der Waals surface area contributed by atoms with Gasteiger partial charge in [0.15, 0.2) is 11.7 Å². The number of rotatable bonds is 5. The van der Waals surface area contributed by atoms with E-state index in [-0.39, 0.29) is 5.76 Å². The minimum Gasteiger partial charge on any atom is -0.497 e. The van der Waals surface area contributed by atoms with Gasteiger partial charge >= 0.3 is 0 Å². The van der Waals surface area contributed by atoms with Gasteiger partial charge in [-0.05, 0) is 49.7 Å². The largest absolute Gasteiger partial charge is 0.497 e. The zero-order valence-electron chi connectivity index (χ0n) is 13.0. The molecule has 0 radical (unpaired) electrons. The first-order chi connectivity index (χ1) is 11.0. The number of methoxy groups -OCH3 is 1. The molecule has 1 aromatic heterocycles. The second-order valence-corrected chi connectivity index (χ2v) is 5.01. The van der Waals surface area contributed by atoms with Crippen molar-refractivity contribution >= 4 is 17.4 Å². The molecule has 0 aliphatic heterocycles. The summed E-state index contributed by atoms with van der Waals surface area (Å²) >= 11 is 0. The van der Waals surface area contributed by atoms with Crippen molar-refractivity contribution in [1.82, 2.24) is 0 Å². The number of nitrogens with one attached hydrogen (secondary N) is 1. The number of ketones is 1. The lowest BCUT2D eigenvalue weighted by molar-refractivity contribution is -0.117. The maximum atomic E-state index is 12.3. The van der Waals surface area contributed by atoms with E-state index in [4.69, 9.17) is 9.15 Å². The van der Waals surface area contributed by atoms with Crippen LogP contribution in [0.15, 0.2) is 34.7 Å². The van der Waals surface area contributed by atoms with Gasteiger partial charge in [0.1, 0.15) is 11.5 Å². The van der Waals surface area contributed by atoms with Crippen LogP contribution in [0, 0.1) is 31.1 Å². The van der Waals surface area contributed by atoms with Crippen LogP contribution in [0.25, 0.3) is 0 Å². The first-order valence-corrected chi connectivity index (χ1v) is 6.92. The number of nitriles is 1. The molecule has 0 saturated heterocycles. The molecule has 0 aliphatic rings. The Morgan fingerprint density at radius 3 is 2.39 bits per heavy atom. The topological polar surface area (TPSA) is 92.3 Å². The van der Waals surface area contributed by atoms with Gasteiger partial charge in [-0.2, -0.15) is 5.26 Å². The molecule has 1 amide bonds.